The van der Waals surface area contributed by atoms with Gasteiger partial charge in [-0.3, -0.25) is 14.3 Å². The van der Waals surface area contributed by atoms with Gasteiger partial charge in [-0.15, -0.1) is 5.10 Å². The number of aliphatic hydroxyl groups excluding tert-OH is 1. The fraction of sp³-hybridized carbons (Fsp3) is 0.351. The van der Waals surface area contributed by atoms with Gasteiger partial charge < -0.3 is 25.7 Å². The van der Waals surface area contributed by atoms with Crippen LogP contribution in [0.5, 0.6) is 0 Å². The lowest BCUT2D eigenvalue weighted by Crippen LogP contribution is -2.44. The molecule has 3 aromatic carbocycles. The lowest BCUT2D eigenvalue weighted by molar-refractivity contribution is -0.139. The number of anilines is 2. The number of piperidine rings is 1. The number of hydrogen-bond acceptors (Lipinski definition) is 7. The molecule has 0 bridgehead atoms. The molecule has 2 aliphatic heterocycles. The van der Waals surface area contributed by atoms with Crippen molar-refractivity contribution >= 4 is 39.1 Å². The van der Waals surface area contributed by atoms with Crippen LogP contribution >= 0.6 is 15.9 Å². The number of hydrogen-bond donors (Lipinski definition) is 4. The molecule has 0 spiro atoms. The molecule has 1 fully saturated rings. The van der Waals surface area contributed by atoms with Crippen LogP contribution in [0, 0.1) is 11.8 Å². The van der Waals surface area contributed by atoms with Crippen LogP contribution in [0.25, 0.3) is 0 Å². The number of amides is 2. The molecular weight excluding hydrogens is 672 g/mol. The minimum absolute atomic E-state index is 0.00687. The minimum Gasteiger partial charge on any atom is -0.395 e. The summed E-state index contributed by atoms with van der Waals surface area (Å²) in [5.41, 5.74) is 2.63. The summed E-state index contributed by atoms with van der Waals surface area (Å²) in [5, 5.41) is 36.9. The monoisotopic (exact) mass is 712 g/mol. The lowest BCUT2D eigenvalue weighted by Gasteiger charge is -2.28. The minimum atomic E-state index is -1.76. The predicted octanol–water partition coefficient (Wildman–Crippen LogP) is 5.12. The summed E-state index contributed by atoms with van der Waals surface area (Å²) in [6, 6.07) is 22.8. The fourth-order valence-electron chi connectivity index (χ4n) is 6.61. The van der Waals surface area contributed by atoms with Crippen molar-refractivity contribution < 1.29 is 19.8 Å². The maximum Gasteiger partial charge on any atom is 0.264 e. The zero-order valence-corrected chi connectivity index (χ0v) is 28.5. The van der Waals surface area contributed by atoms with Crippen molar-refractivity contribution in [1.29, 1.82) is 0 Å². The first-order valence-electron chi connectivity index (χ1n) is 16.4. The summed E-state index contributed by atoms with van der Waals surface area (Å²) >= 11 is 3.52. The van der Waals surface area contributed by atoms with Crippen LogP contribution in [0.15, 0.2) is 95.6 Å². The Balaban J connectivity index is 1.13. The van der Waals surface area contributed by atoms with E-state index in [1.54, 1.807) is 9.58 Å². The van der Waals surface area contributed by atoms with E-state index in [1.165, 1.54) is 0 Å². The topological polar surface area (TPSA) is 133 Å². The Morgan fingerprint density at radius 1 is 1.17 bits per heavy atom. The Morgan fingerprint density at radius 2 is 2.00 bits per heavy atom. The summed E-state index contributed by atoms with van der Waals surface area (Å²) in [7, 11) is 0. The Kier molecular flexibility index (Phi) is 10.5. The summed E-state index contributed by atoms with van der Waals surface area (Å²) in [6.07, 6.45) is 8.12. The first-order valence-corrected chi connectivity index (χ1v) is 17.2. The highest BCUT2D eigenvalue weighted by Gasteiger charge is 2.52. The molecule has 48 heavy (non-hydrogen) atoms. The van der Waals surface area contributed by atoms with Crippen LogP contribution in [0.4, 0.5) is 11.4 Å². The van der Waals surface area contributed by atoms with Gasteiger partial charge in [-0.05, 0) is 67.3 Å². The van der Waals surface area contributed by atoms with Crippen LogP contribution in [0.1, 0.15) is 54.5 Å². The van der Waals surface area contributed by atoms with Crippen molar-refractivity contribution in [3.63, 3.8) is 0 Å². The highest BCUT2D eigenvalue weighted by molar-refractivity contribution is 9.10. The number of aryl methyl sites for hydroxylation is 1. The van der Waals surface area contributed by atoms with Crippen molar-refractivity contribution in [1.82, 2.24) is 20.3 Å². The van der Waals surface area contributed by atoms with Crippen LogP contribution in [0.3, 0.4) is 0 Å². The Labute approximate surface area is 289 Å². The SMILES string of the molecule is C[C@H](/C=C/CCn1cc(C(CO)c2ccccc2)nn1)[C@@]1(O)C(=O)N(Cc2cccc(NC(=O)C3CCCNC3)c2)c2ccc(Br)cc21. The van der Waals surface area contributed by atoms with Gasteiger partial charge in [0.25, 0.3) is 5.91 Å². The number of halogens is 1. The largest absolute Gasteiger partial charge is 0.395 e. The molecule has 250 valence electrons. The highest BCUT2D eigenvalue weighted by Crippen LogP contribution is 2.46. The van der Waals surface area contributed by atoms with Gasteiger partial charge in [-0.25, -0.2) is 0 Å². The molecule has 1 aromatic heterocycles. The number of carbonyl (C=O) groups excluding carboxylic acids is 2. The van der Waals surface area contributed by atoms with E-state index < -0.39 is 17.4 Å². The number of nitrogens with zero attached hydrogens (tertiary/aromatic N) is 4. The summed E-state index contributed by atoms with van der Waals surface area (Å²) in [6.45, 7) is 4.18. The van der Waals surface area contributed by atoms with E-state index in [-0.39, 0.29) is 30.9 Å². The van der Waals surface area contributed by atoms with Gasteiger partial charge in [0.2, 0.25) is 5.91 Å². The molecule has 6 rings (SSSR count). The van der Waals surface area contributed by atoms with Crippen LogP contribution in [-0.2, 0) is 28.3 Å². The third-order valence-electron chi connectivity index (χ3n) is 9.34. The molecule has 1 saturated heterocycles. The van der Waals surface area contributed by atoms with E-state index in [2.05, 4.69) is 36.9 Å². The Bertz CT molecular complexity index is 1770. The van der Waals surface area contributed by atoms with Gasteiger partial charge in [0.05, 0.1) is 36.4 Å². The second-order valence-electron chi connectivity index (χ2n) is 12.6. The molecule has 11 heteroatoms. The van der Waals surface area contributed by atoms with Crippen molar-refractivity contribution in [2.24, 2.45) is 11.8 Å². The van der Waals surface area contributed by atoms with E-state index in [1.807, 2.05) is 98.1 Å². The van der Waals surface area contributed by atoms with Crippen molar-refractivity contribution in [2.75, 3.05) is 29.9 Å². The number of benzene rings is 3. The van der Waals surface area contributed by atoms with E-state index in [0.717, 1.165) is 35.0 Å². The maximum atomic E-state index is 14.1. The van der Waals surface area contributed by atoms with E-state index in [9.17, 15) is 19.8 Å². The first-order chi connectivity index (χ1) is 23.3. The molecule has 3 heterocycles. The first kappa shape index (κ1) is 33.7. The van der Waals surface area contributed by atoms with Gasteiger partial charge >= 0.3 is 0 Å². The van der Waals surface area contributed by atoms with E-state index in [4.69, 9.17) is 0 Å². The summed E-state index contributed by atoms with van der Waals surface area (Å²) < 4.78 is 2.51. The molecule has 2 aliphatic rings. The fourth-order valence-corrected chi connectivity index (χ4v) is 6.97. The maximum absolute atomic E-state index is 14.1. The number of aliphatic hydroxyl groups is 2. The number of allylic oxidation sites excluding steroid dienone is 1. The van der Waals surface area contributed by atoms with Gasteiger partial charge in [-0.1, -0.05) is 82.7 Å². The van der Waals surface area contributed by atoms with Gasteiger partial charge in [0.1, 0.15) is 0 Å². The molecule has 2 unspecified atom stereocenters. The molecule has 2 amide bonds. The third kappa shape index (κ3) is 7.14. The van der Waals surface area contributed by atoms with Crippen molar-refractivity contribution in [3.8, 4) is 0 Å². The molecule has 0 radical (unpaired) electrons. The molecular formula is C37H41BrN6O4. The second kappa shape index (κ2) is 14.9. The van der Waals surface area contributed by atoms with Crippen molar-refractivity contribution in [2.45, 2.75) is 50.8 Å². The van der Waals surface area contributed by atoms with E-state index in [0.29, 0.717) is 42.1 Å². The zero-order valence-electron chi connectivity index (χ0n) is 26.9. The number of rotatable bonds is 12. The van der Waals surface area contributed by atoms with Crippen LogP contribution < -0.4 is 15.5 Å². The highest BCUT2D eigenvalue weighted by atomic mass is 79.9. The van der Waals surface area contributed by atoms with Gasteiger partial charge in [-0.2, -0.15) is 0 Å². The number of aromatic nitrogens is 3. The normalized spacial score (nSPS) is 20.5. The van der Waals surface area contributed by atoms with Gasteiger partial charge in [0, 0.05) is 40.9 Å². The van der Waals surface area contributed by atoms with Crippen LogP contribution in [-0.4, -0.2) is 56.7 Å². The van der Waals surface area contributed by atoms with Crippen LogP contribution in [0.2, 0.25) is 0 Å². The quantitative estimate of drug-likeness (QED) is 0.150. The average Bonchev–Trinajstić information content (AvgIpc) is 3.65. The summed E-state index contributed by atoms with van der Waals surface area (Å²) in [4.78, 5) is 28.5. The molecule has 4 aromatic rings. The Morgan fingerprint density at radius 3 is 2.77 bits per heavy atom. The molecule has 10 nitrogen and oxygen atoms in total. The average molecular weight is 714 g/mol. The second-order valence-corrected chi connectivity index (χ2v) is 13.5. The molecule has 0 saturated carbocycles. The lowest BCUT2D eigenvalue weighted by atomic mass is 9.83. The van der Waals surface area contributed by atoms with Crippen molar-refractivity contribution in [3.05, 3.63) is 118 Å². The molecule has 4 atom stereocenters. The smallest absolute Gasteiger partial charge is 0.264 e. The Hall–Kier alpha value is -4.16. The van der Waals surface area contributed by atoms with Gasteiger partial charge in [0.15, 0.2) is 5.60 Å². The number of nitrogens with one attached hydrogen (secondary N) is 2. The molecule has 4 N–H and O–H groups in total. The zero-order chi connectivity index (χ0) is 33.7. The molecule has 0 aliphatic carbocycles. The number of carbonyl (C=O) groups is 2. The third-order valence-corrected chi connectivity index (χ3v) is 9.83. The van der Waals surface area contributed by atoms with E-state index >= 15 is 0 Å². The number of fused-ring (bicyclic) bond motifs is 1. The predicted molar refractivity (Wildman–Crippen MR) is 188 cm³/mol. The standard InChI is InChI=1S/C37H41BrN6O4/c1-25(9-5-6-18-43-23-33(41-42-43)31(24-45)27-11-3-2-4-12-27)37(48)32-20-29(38)15-16-34(32)44(36(37)47)22-26-10-7-14-30(19-26)40-35(46)28-13-8-17-39-21-28/h2-5,7,9-12,14-16,19-20,23,25,28,31,39,45,48H,6,8,13,17-18,21-22,24H2,1H3,(H,40,46)/b9-5+/t25-,28?,31?,37+/m1/s1. The summed E-state index contributed by atoms with van der Waals surface area (Å²) in [5.74, 6) is -1.24.